The molecule has 0 nitrogen and oxygen atoms in total. The Morgan fingerprint density at radius 2 is 1.88 bits per heavy atom. The summed E-state index contributed by atoms with van der Waals surface area (Å²) in [5.41, 5.74) is 0.0602. The van der Waals surface area contributed by atoms with Crippen molar-refractivity contribution in [3.05, 3.63) is 6.92 Å². The molecule has 0 atom stereocenters. The number of fused-ring (bicyclic) bond motifs is 2. The summed E-state index contributed by atoms with van der Waals surface area (Å²) in [5.74, 6) is 0.951. The molecule has 2 aliphatic rings. The number of hydrogen-bond donors (Lipinski definition) is 0. The molecule has 2 bridgehead atoms. The van der Waals surface area contributed by atoms with E-state index >= 15 is 0 Å². The second-order valence-electron chi connectivity index (χ2n) is 3.43. The summed E-state index contributed by atoms with van der Waals surface area (Å²) < 4.78 is 0. The summed E-state index contributed by atoms with van der Waals surface area (Å²) in [6, 6.07) is 0. The van der Waals surface area contributed by atoms with Gasteiger partial charge in [0.1, 0.15) is 0 Å². The lowest BCUT2D eigenvalue weighted by molar-refractivity contribution is 0.379. The normalized spacial score (nSPS) is 52.9. The SMILES string of the molecule is [C]C12CCC(CC1)C2. The first-order valence-corrected chi connectivity index (χ1v) is 3.54. The predicted molar refractivity (Wildman–Crippen MR) is 32.3 cm³/mol. The standard InChI is InChI=1S/C8H11/c1-8-4-2-7(6-8)3-5-8/h7H,2-6H2. The average molecular weight is 107 g/mol. The Balaban J connectivity index is 2.19. The van der Waals surface area contributed by atoms with Crippen molar-refractivity contribution in [3.63, 3.8) is 0 Å². The Hall–Kier alpha value is 0. The second-order valence-corrected chi connectivity index (χ2v) is 3.43. The highest BCUT2D eigenvalue weighted by Gasteiger charge is 2.41. The van der Waals surface area contributed by atoms with Gasteiger partial charge in [0, 0.05) is 0 Å². The van der Waals surface area contributed by atoms with Crippen molar-refractivity contribution in [2.24, 2.45) is 11.3 Å². The Bertz CT molecular complexity index is 96.6. The van der Waals surface area contributed by atoms with Crippen LogP contribution < -0.4 is 0 Å². The Kier molecular flexibility index (Phi) is 0.778. The van der Waals surface area contributed by atoms with Gasteiger partial charge in [-0.15, -0.1) is 0 Å². The van der Waals surface area contributed by atoms with E-state index in [9.17, 15) is 0 Å². The molecule has 43 valence electrons. The van der Waals surface area contributed by atoms with Crippen LogP contribution in [-0.2, 0) is 0 Å². The Morgan fingerprint density at radius 3 is 2.00 bits per heavy atom. The van der Waals surface area contributed by atoms with E-state index in [1.165, 1.54) is 32.1 Å². The summed E-state index contributed by atoms with van der Waals surface area (Å²) in [6.45, 7) is 7.77. The fraction of sp³-hybridized carbons (Fsp3) is 0.875. The van der Waals surface area contributed by atoms with Gasteiger partial charge < -0.3 is 0 Å². The molecule has 2 fully saturated rings. The Labute approximate surface area is 51.3 Å². The van der Waals surface area contributed by atoms with Crippen LogP contribution in [0.5, 0.6) is 0 Å². The fourth-order valence-corrected chi connectivity index (χ4v) is 2.19. The van der Waals surface area contributed by atoms with Gasteiger partial charge in [-0.05, 0) is 50.4 Å². The zero-order chi connectivity index (χ0) is 5.61. The first kappa shape index (κ1) is 4.84. The molecule has 8 heavy (non-hydrogen) atoms. The molecule has 0 heteroatoms. The van der Waals surface area contributed by atoms with Crippen molar-refractivity contribution >= 4 is 0 Å². The molecule has 2 aliphatic carbocycles. The molecule has 2 rings (SSSR count). The lowest BCUT2D eigenvalue weighted by atomic mass is 9.87. The highest BCUT2D eigenvalue weighted by Crippen LogP contribution is 2.53. The van der Waals surface area contributed by atoms with Crippen molar-refractivity contribution in [1.29, 1.82) is 0 Å². The van der Waals surface area contributed by atoms with Gasteiger partial charge in [-0.25, -0.2) is 0 Å². The molecule has 0 amide bonds. The van der Waals surface area contributed by atoms with Crippen LogP contribution in [0.15, 0.2) is 0 Å². The van der Waals surface area contributed by atoms with E-state index in [0.717, 1.165) is 5.92 Å². The summed E-state index contributed by atoms with van der Waals surface area (Å²) >= 11 is 0. The molecular weight excluding hydrogens is 96.1 g/mol. The maximum Gasteiger partial charge on any atom is -0.00198 e. The Morgan fingerprint density at radius 1 is 1.25 bits per heavy atom. The third-order valence-corrected chi connectivity index (χ3v) is 2.74. The summed E-state index contributed by atoms with van der Waals surface area (Å²) in [4.78, 5) is 0. The predicted octanol–water partition coefficient (Wildman–Crippen LogP) is 2.15. The van der Waals surface area contributed by atoms with Crippen molar-refractivity contribution in [1.82, 2.24) is 0 Å². The van der Waals surface area contributed by atoms with Crippen molar-refractivity contribution in [3.8, 4) is 0 Å². The number of hydrogen-bond acceptors (Lipinski definition) is 0. The topological polar surface area (TPSA) is 0 Å². The van der Waals surface area contributed by atoms with Crippen molar-refractivity contribution in [2.75, 3.05) is 0 Å². The quantitative estimate of drug-likeness (QED) is 0.445. The third kappa shape index (κ3) is 0.519. The lowest BCUT2D eigenvalue weighted by Gasteiger charge is -2.18. The molecule has 0 spiro atoms. The number of rotatable bonds is 0. The fourth-order valence-electron chi connectivity index (χ4n) is 2.19. The van der Waals surface area contributed by atoms with Crippen LogP contribution >= 0.6 is 0 Å². The van der Waals surface area contributed by atoms with E-state index in [1.54, 1.807) is 0 Å². The van der Waals surface area contributed by atoms with Crippen LogP contribution in [0, 0.1) is 18.3 Å². The van der Waals surface area contributed by atoms with Crippen molar-refractivity contribution in [2.45, 2.75) is 32.1 Å². The van der Waals surface area contributed by atoms with Gasteiger partial charge >= 0.3 is 0 Å². The summed E-state index contributed by atoms with van der Waals surface area (Å²) in [7, 11) is 0. The largest absolute Gasteiger partial charge is 0.0499 e. The lowest BCUT2D eigenvalue weighted by Crippen LogP contribution is -2.06. The van der Waals surface area contributed by atoms with Crippen LogP contribution in [0.2, 0.25) is 0 Å². The minimum absolute atomic E-state index is 0.0602. The van der Waals surface area contributed by atoms with Crippen LogP contribution in [-0.4, -0.2) is 0 Å². The van der Waals surface area contributed by atoms with Gasteiger partial charge in [-0.1, -0.05) is 0 Å². The highest BCUT2D eigenvalue weighted by atomic mass is 14.5. The van der Waals surface area contributed by atoms with Gasteiger partial charge in [0.2, 0.25) is 0 Å². The molecule has 3 radical (unpaired) electrons. The molecule has 2 saturated carbocycles. The van der Waals surface area contributed by atoms with E-state index in [4.69, 9.17) is 6.92 Å². The third-order valence-electron chi connectivity index (χ3n) is 2.74. The van der Waals surface area contributed by atoms with Crippen LogP contribution in [0.4, 0.5) is 0 Å². The monoisotopic (exact) mass is 107 g/mol. The average Bonchev–Trinajstić information content (AvgIpc) is 2.21. The van der Waals surface area contributed by atoms with E-state index in [1.807, 2.05) is 0 Å². The van der Waals surface area contributed by atoms with Gasteiger partial charge in [-0.2, -0.15) is 0 Å². The zero-order valence-corrected chi connectivity index (χ0v) is 5.11. The van der Waals surface area contributed by atoms with E-state index < -0.39 is 0 Å². The molecule has 0 aliphatic heterocycles. The second kappa shape index (κ2) is 1.29. The maximum atomic E-state index is 7.77. The summed E-state index contributed by atoms with van der Waals surface area (Å²) in [6.07, 6.45) is 6.30. The smallest absolute Gasteiger partial charge is 0.00198 e. The van der Waals surface area contributed by atoms with E-state index in [0.29, 0.717) is 0 Å². The van der Waals surface area contributed by atoms with E-state index in [2.05, 4.69) is 0 Å². The van der Waals surface area contributed by atoms with Gasteiger partial charge in [0.15, 0.2) is 0 Å². The molecule has 0 heterocycles. The minimum Gasteiger partial charge on any atom is -0.0499 e. The summed E-state index contributed by atoms with van der Waals surface area (Å²) in [5, 5.41) is 0. The van der Waals surface area contributed by atoms with Crippen molar-refractivity contribution < 1.29 is 0 Å². The van der Waals surface area contributed by atoms with Gasteiger partial charge in [0.25, 0.3) is 0 Å². The molecular formula is C8H11. The first-order valence-electron chi connectivity index (χ1n) is 3.54. The highest BCUT2D eigenvalue weighted by molar-refractivity contribution is 4.97. The molecule has 0 aromatic carbocycles. The molecule has 0 saturated heterocycles. The zero-order valence-electron chi connectivity index (χ0n) is 5.11. The van der Waals surface area contributed by atoms with Crippen LogP contribution in [0.3, 0.4) is 0 Å². The minimum atomic E-state index is 0.0602. The van der Waals surface area contributed by atoms with Gasteiger partial charge in [0.05, 0.1) is 0 Å². The molecule has 0 aromatic heterocycles. The maximum absolute atomic E-state index is 7.77. The molecule has 0 N–H and O–H groups in total. The van der Waals surface area contributed by atoms with E-state index in [-0.39, 0.29) is 5.41 Å². The molecule has 0 unspecified atom stereocenters. The van der Waals surface area contributed by atoms with Gasteiger partial charge in [-0.3, -0.25) is 0 Å². The molecule has 0 aromatic rings. The van der Waals surface area contributed by atoms with Crippen LogP contribution in [0.25, 0.3) is 0 Å². The van der Waals surface area contributed by atoms with Crippen LogP contribution in [0.1, 0.15) is 32.1 Å². The first-order chi connectivity index (χ1) is 3.79.